The van der Waals surface area contributed by atoms with Crippen LogP contribution in [0.25, 0.3) is 0 Å². The van der Waals surface area contributed by atoms with Gasteiger partial charge in [0, 0.05) is 36.6 Å². The summed E-state index contributed by atoms with van der Waals surface area (Å²) in [7, 11) is 0. The highest BCUT2D eigenvalue weighted by molar-refractivity contribution is 5.27. The molecular formula is C14H15F2N3O. The predicted molar refractivity (Wildman–Crippen MR) is 70.4 cm³/mol. The summed E-state index contributed by atoms with van der Waals surface area (Å²) in [6, 6.07) is 3.43. The molecule has 6 heteroatoms. The second kappa shape index (κ2) is 6.38. The Morgan fingerprint density at radius 1 is 1.20 bits per heavy atom. The standard InChI is InChI=1S/C14H15F2N3O/c1-9(2)17-6-10-7-18-14(19-8-10)20-13-4-3-11(15)5-12(13)16/h3-5,7-9,17H,6H2,1-2H3. The van der Waals surface area contributed by atoms with E-state index < -0.39 is 11.6 Å². The van der Waals surface area contributed by atoms with Crippen molar-refractivity contribution in [3.05, 3.63) is 47.8 Å². The van der Waals surface area contributed by atoms with Gasteiger partial charge in [-0.1, -0.05) is 13.8 Å². The highest BCUT2D eigenvalue weighted by Gasteiger charge is 2.08. The van der Waals surface area contributed by atoms with E-state index in [0.29, 0.717) is 12.6 Å². The van der Waals surface area contributed by atoms with Gasteiger partial charge in [-0.3, -0.25) is 0 Å². The molecule has 0 unspecified atom stereocenters. The Balaban J connectivity index is 2.03. The molecule has 0 atom stereocenters. The fourth-order valence-electron chi connectivity index (χ4n) is 1.47. The largest absolute Gasteiger partial charge is 0.421 e. The molecule has 2 aromatic rings. The molecule has 106 valence electrons. The highest BCUT2D eigenvalue weighted by Crippen LogP contribution is 2.22. The zero-order chi connectivity index (χ0) is 14.5. The molecule has 0 bridgehead atoms. The molecule has 0 saturated heterocycles. The van der Waals surface area contributed by atoms with Gasteiger partial charge in [0.2, 0.25) is 0 Å². The minimum Gasteiger partial charge on any atom is -0.421 e. The molecule has 0 aliphatic carbocycles. The Labute approximate surface area is 115 Å². The molecule has 0 saturated carbocycles. The van der Waals surface area contributed by atoms with Crippen molar-refractivity contribution in [1.29, 1.82) is 0 Å². The van der Waals surface area contributed by atoms with Gasteiger partial charge in [-0.15, -0.1) is 0 Å². The van der Waals surface area contributed by atoms with Gasteiger partial charge < -0.3 is 10.1 Å². The third-order valence-corrected chi connectivity index (χ3v) is 2.49. The van der Waals surface area contributed by atoms with E-state index in [9.17, 15) is 8.78 Å². The Kier molecular flexibility index (Phi) is 4.57. The molecule has 4 nitrogen and oxygen atoms in total. The third-order valence-electron chi connectivity index (χ3n) is 2.49. The van der Waals surface area contributed by atoms with E-state index in [2.05, 4.69) is 15.3 Å². The van der Waals surface area contributed by atoms with Crippen molar-refractivity contribution < 1.29 is 13.5 Å². The number of ether oxygens (including phenoxy) is 1. The molecule has 0 fully saturated rings. The Morgan fingerprint density at radius 2 is 1.90 bits per heavy atom. The fraction of sp³-hybridized carbons (Fsp3) is 0.286. The SMILES string of the molecule is CC(C)NCc1cnc(Oc2ccc(F)cc2F)nc1. The smallest absolute Gasteiger partial charge is 0.321 e. The lowest BCUT2D eigenvalue weighted by molar-refractivity contribution is 0.407. The first-order valence-corrected chi connectivity index (χ1v) is 6.22. The van der Waals surface area contributed by atoms with Gasteiger partial charge in [-0.05, 0) is 12.1 Å². The maximum Gasteiger partial charge on any atom is 0.321 e. The monoisotopic (exact) mass is 279 g/mol. The number of benzene rings is 1. The molecule has 1 heterocycles. The molecule has 0 aliphatic rings. The lowest BCUT2D eigenvalue weighted by Gasteiger charge is -2.08. The Hall–Kier alpha value is -2.08. The van der Waals surface area contributed by atoms with Gasteiger partial charge in [-0.2, -0.15) is 0 Å². The summed E-state index contributed by atoms with van der Waals surface area (Å²) in [5.41, 5.74) is 0.894. The van der Waals surface area contributed by atoms with Gasteiger partial charge in [0.1, 0.15) is 5.82 Å². The van der Waals surface area contributed by atoms with Gasteiger partial charge in [0.05, 0.1) is 0 Å². The van der Waals surface area contributed by atoms with Gasteiger partial charge in [0.15, 0.2) is 11.6 Å². The summed E-state index contributed by atoms with van der Waals surface area (Å²) in [4.78, 5) is 7.96. The Morgan fingerprint density at radius 3 is 2.50 bits per heavy atom. The van der Waals surface area contributed by atoms with Crippen LogP contribution in [0.3, 0.4) is 0 Å². The van der Waals surface area contributed by atoms with Crippen LogP contribution >= 0.6 is 0 Å². The number of halogens is 2. The second-order valence-electron chi connectivity index (χ2n) is 4.59. The molecule has 1 N–H and O–H groups in total. The molecule has 1 aromatic heterocycles. The van der Waals surface area contributed by atoms with Crippen molar-refractivity contribution in [1.82, 2.24) is 15.3 Å². The van der Waals surface area contributed by atoms with Crippen molar-refractivity contribution in [3.8, 4) is 11.8 Å². The number of aromatic nitrogens is 2. The van der Waals surface area contributed by atoms with Crippen LogP contribution in [-0.4, -0.2) is 16.0 Å². The normalized spacial score (nSPS) is 10.8. The molecule has 0 aliphatic heterocycles. The van der Waals surface area contributed by atoms with E-state index in [1.54, 1.807) is 12.4 Å². The topological polar surface area (TPSA) is 47.0 Å². The summed E-state index contributed by atoms with van der Waals surface area (Å²) >= 11 is 0. The van der Waals surface area contributed by atoms with Crippen LogP contribution in [0.1, 0.15) is 19.4 Å². The third kappa shape index (κ3) is 3.96. The summed E-state index contributed by atoms with van der Waals surface area (Å²) in [5.74, 6) is -1.57. The quantitative estimate of drug-likeness (QED) is 0.913. The van der Waals surface area contributed by atoms with Gasteiger partial charge >= 0.3 is 6.01 Å². The number of hydrogen-bond acceptors (Lipinski definition) is 4. The summed E-state index contributed by atoms with van der Waals surface area (Å²) < 4.78 is 31.3. The minimum atomic E-state index is -0.792. The van der Waals surface area contributed by atoms with E-state index in [1.807, 2.05) is 13.8 Å². The van der Waals surface area contributed by atoms with Crippen molar-refractivity contribution in [2.24, 2.45) is 0 Å². The van der Waals surface area contributed by atoms with Crippen molar-refractivity contribution in [2.75, 3.05) is 0 Å². The average molecular weight is 279 g/mol. The lowest BCUT2D eigenvalue weighted by atomic mass is 10.3. The van der Waals surface area contributed by atoms with Crippen LogP contribution in [0.4, 0.5) is 8.78 Å². The molecular weight excluding hydrogens is 264 g/mol. The van der Waals surface area contributed by atoms with E-state index in [1.165, 1.54) is 6.07 Å². The molecule has 20 heavy (non-hydrogen) atoms. The summed E-state index contributed by atoms with van der Waals surface area (Å²) in [5, 5.41) is 3.22. The predicted octanol–water partition coefficient (Wildman–Crippen LogP) is 3.05. The molecule has 0 amide bonds. The van der Waals surface area contributed by atoms with E-state index >= 15 is 0 Å². The first-order chi connectivity index (χ1) is 9.54. The summed E-state index contributed by atoms with van der Waals surface area (Å²) in [6.45, 7) is 4.72. The van der Waals surface area contributed by atoms with E-state index in [4.69, 9.17) is 4.74 Å². The van der Waals surface area contributed by atoms with Crippen LogP contribution in [-0.2, 0) is 6.54 Å². The Bertz CT molecular complexity index is 573. The number of rotatable bonds is 5. The number of nitrogens with zero attached hydrogens (tertiary/aromatic N) is 2. The van der Waals surface area contributed by atoms with E-state index in [0.717, 1.165) is 17.7 Å². The molecule has 1 aromatic carbocycles. The van der Waals surface area contributed by atoms with Crippen molar-refractivity contribution >= 4 is 0 Å². The van der Waals surface area contributed by atoms with Crippen molar-refractivity contribution in [2.45, 2.75) is 26.4 Å². The van der Waals surface area contributed by atoms with Crippen LogP contribution in [0.5, 0.6) is 11.8 Å². The molecule has 0 radical (unpaired) electrons. The summed E-state index contributed by atoms with van der Waals surface area (Å²) in [6.07, 6.45) is 3.19. The number of nitrogens with one attached hydrogen (secondary N) is 1. The van der Waals surface area contributed by atoms with Crippen LogP contribution in [0.15, 0.2) is 30.6 Å². The van der Waals surface area contributed by atoms with Gasteiger partial charge in [-0.25, -0.2) is 18.7 Å². The zero-order valence-corrected chi connectivity index (χ0v) is 11.2. The average Bonchev–Trinajstić information content (AvgIpc) is 2.41. The molecule has 2 rings (SSSR count). The maximum absolute atomic E-state index is 13.4. The first kappa shape index (κ1) is 14.3. The van der Waals surface area contributed by atoms with E-state index in [-0.39, 0.29) is 11.8 Å². The van der Waals surface area contributed by atoms with Crippen LogP contribution in [0.2, 0.25) is 0 Å². The highest BCUT2D eigenvalue weighted by atomic mass is 19.1. The van der Waals surface area contributed by atoms with Gasteiger partial charge in [0.25, 0.3) is 0 Å². The first-order valence-electron chi connectivity index (χ1n) is 6.22. The van der Waals surface area contributed by atoms with Crippen molar-refractivity contribution in [3.63, 3.8) is 0 Å². The second-order valence-corrected chi connectivity index (χ2v) is 4.59. The fourth-order valence-corrected chi connectivity index (χ4v) is 1.47. The minimum absolute atomic E-state index is 0.0174. The maximum atomic E-state index is 13.4. The van der Waals surface area contributed by atoms with Crippen LogP contribution in [0, 0.1) is 11.6 Å². The van der Waals surface area contributed by atoms with Crippen LogP contribution < -0.4 is 10.1 Å². The zero-order valence-electron chi connectivity index (χ0n) is 11.2. The number of hydrogen-bond donors (Lipinski definition) is 1. The lowest BCUT2D eigenvalue weighted by Crippen LogP contribution is -2.21. The molecule has 0 spiro atoms.